The zero-order chi connectivity index (χ0) is 13.3. The molecule has 0 atom stereocenters. The summed E-state index contributed by atoms with van der Waals surface area (Å²) in [4.78, 5) is 14.5. The predicted molar refractivity (Wildman–Crippen MR) is 83.1 cm³/mol. The lowest BCUT2D eigenvalue weighted by molar-refractivity contribution is 0.0722. The monoisotopic (exact) mass is 377 g/mol. The van der Waals surface area contributed by atoms with Crippen LogP contribution in [0, 0.1) is 9.49 Å². The lowest BCUT2D eigenvalue weighted by Crippen LogP contribution is -2.36. The number of rotatable bonds is 4. The minimum Gasteiger partial charge on any atom is -0.335 e. The quantitative estimate of drug-likeness (QED) is 0.720. The van der Waals surface area contributed by atoms with Gasteiger partial charge in [0.25, 0.3) is 5.91 Å². The van der Waals surface area contributed by atoms with E-state index in [1.807, 2.05) is 17.0 Å². The Morgan fingerprint density at radius 2 is 2.17 bits per heavy atom. The molecule has 98 valence electrons. The number of hydrogen-bond acceptors (Lipinski definition) is 1. The third-order valence-electron chi connectivity index (χ3n) is 2.98. The van der Waals surface area contributed by atoms with E-state index in [0.717, 1.165) is 23.0 Å². The van der Waals surface area contributed by atoms with Gasteiger partial charge in [0.1, 0.15) is 0 Å². The fourth-order valence-electron chi connectivity index (χ4n) is 1.97. The zero-order valence-electron chi connectivity index (χ0n) is 10.6. The Kier molecular flexibility index (Phi) is 4.54. The summed E-state index contributed by atoms with van der Waals surface area (Å²) in [5.74, 6) is 0.610. The van der Waals surface area contributed by atoms with Crippen LogP contribution in [0.4, 0.5) is 0 Å². The van der Waals surface area contributed by atoms with Gasteiger partial charge in [-0.05, 0) is 59.5 Å². The van der Waals surface area contributed by atoms with Gasteiger partial charge >= 0.3 is 0 Å². The second kappa shape index (κ2) is 5.78. The summed E-state index contributed by atoms with van der Waals surface area (Å²) in [7, 11) is 0. The average Bonchev–Trinajstić information content (AvgIpc) is 3.12. The number of carbonyl (C=O) groups is 1. The van der Waals surface area contributed by atoms with Gasteiger partial charge < -0.3 is 4.90 Å². The topological polar surface area (TPSA) is 20.3 Å². The third-order valence-corrected chi connectivity index (χ3v) is 4.55. The van der Waals surface area contributed by atoms with Crippen LogP contribution in [0.15, 0.2) is 18.2 Å². The van der Waals surface area contributed by atoms with Crippen molar-refractivity contribution in [2.24, 2.45) is 5.92 Å². The molecule has 18 heavy (non-hydrogen) atoms. The standard InChI is InChI=1S/C14H17ClINO/c1-9(2)8-17(11-4-5-11)14(18)10-3-6-13(16)12(15)7-10/h3,6-7,9,11H,4-5,8H2,1-2H3. The molecule has 0 spiro atoms. The Morgan fingerprint density at radius 3 is 2.67 bits per heavy atom. The summed E-state index contributed by atoms with van der Waals surface area (Å²) < 4.78 is 0.979. The Labute approximate surface area is 127 Å². The summed E-state index contributed by atoms with van der Waals surface area (Å²) in [5.41, 5.74) is 0.702. The molecule has 1 aromatic carbocycles. The Morgan fingerprint density at radius 1 is 1.50 bits per heavy atom. The van der Waals surface area contributed by atoms with E-state index < -0.39 is 0 Å². The van der Waals surface area contributed by atoms with Gasteiger partial charge in [-0.15, -0.1) is 0 Å². The number of carbonyl (C=O) groups excluding carboxylic acids is 1. The van der Waals surface area contributed by atoms with Crippen molar-refractivity contribution in [2.45, 2.75) is 32.7 Å². The fraction of sp³-hybridized carbons (Fsp3) is 0.500. The number of amides is 1. The molecule has 0 N–H and O–H groups in total. The maximum absolute atomic E-state index is 12.5. The second-order valence-electron chi connectivity index (χ2n) is 5.21. The highest BCUT2D eigenvalue weighted by atomic mass is 127. The minimum absolute atomic E-state index is 0.115. The Balaban J connectivity index is 2.19. The smallest absolute Gasteiger partial charge is 0.254 e. The van der Waals surface area contributed by atoms with E-state index in [2.05, 4.69) is 36.4 Å². The first kappa shape index (κ1) is 14.1. The lowest BCUT2D eigenvalue weighted by atomic mass is 10.1. The van der Waals surface area contributed by atoms with Gasteiger partial charge in [-0.1, -0.05) is 25.4 Å². The SMILES string of the molecule is CC(C)CN(C(=O)c1ccc(I)c(Cl)c1)C1CC1. The second-order valence-corrected chi connectivity index (χ2v) is 6.78. The first-order valence-electron chi connectivity index (χ1n) is 6.25. The largest absolute Gasteiger partial charge is 0.335 e. The molecule has 2 rings (SSSR count). The van der Waals surface area contributed by atoms with Crippen LogP contribution in [-0.2, 0) is 0 Å². The van der Waals surface area contributed by atoms with Crippen LogP contribution >= 0.6 is 34.2 Å². The van der Waals surface area contributed by atoms with Crippen molar-refractivity contribution in [3.63, 3.8) is 0 Å². The van der Waals surface area contributed by atoms with Crippen LogP contribution in [-0.4, -0.2) is 23.4 Å². The van der Waals surface area contributed by atoms with Crippen molar-refractivity contribution >= 4 is 40.1 Å². The van der Waals surface area contributed by atoms with Crippen molar-refractivity contribution in [3.8, 4) is 0 Å². The van der Waals surface area contributed by atoms with Crippen LogP contribution in [0.1, 0.15) is 37.0 Å². The van der Waals surface area contributed by atoms with Crippen LogP contribution in [0.5, 0.6) is 0 Å². The highest BCUT2D eigenvalue weighted by Crippen LogP contribution is 2.30. The molecule has 2 nitrogen and oxygen atoms in total. The van der Waals surface area contributed by atoms with E-state index >= 15 is 0 Å². The van der Waals surface area contributed by atoms with E-state index in [9.17, 15) is 4.79 Å². The van der Waals surface area contributed by atoms with Crippen LogP contribution in [0.2, 0.25) is 5.02 Å². The highest BCUT2D eigenvalue weighted by Gasteiger charge is 2.33. The molecular formula is C14H17ClINO. The summed E-state index contributed by atoms with van der Waals surface area (Å²) in [6, 6.07) is 5.99. The molecule has 1 aliphatic carbocycles. The van der Waals surface area contributed by atoms with Gasteiger partial charge in [0, 0.05) is 21.7 Å². The van der Waals surface area contributed by atoms with Gasteiger partial charge in [-0.25, -0.2) is 0 Å². The van der Waals surface area contributed by atoms with Gasteiger partial charge in [0.2, 0.25) is 0 Å². The summed E-state index contributed by atoms with van der Waals surface area (Å²) in [5, 5.41) is 0.654. The average molecular weight is 378 g/mol. The van der Waals surface area contributed by atoms with E-state index in [0.29, 0.717) is 22.5 Å². The first-order chi connectivity index (χ1) is 8.49. The van der Waals surface area contributed by atoms with Crippen molar-refractivity contribution in [1.29, 1.82) is 0 Å². The van der Waals surface area contributed by atoms with E-state index in [1.165, 1.54) is 0 Å². The van der Waals surface area contributed by atoms with Gasteiger partial charge in [0.05, 0.1) is 5.02 Å². The molecule has 0 heterocycles. The Hall–Kier alpha value is -0.290. The van der Waals surface area contributed by atoms with E-state index in [1.54, 1.807) is 6.07 Å². The van der Waals surface area contributed by atoms with E-state index in [-0.39, 0.29) is 5.91 Å². The van der Waals surface area contributed by atoms with Gasteiger partial charge in [0.15, 0.2) is 0 Å². The number of halogens is 2. The van der Waals surface area contributed by atoms with Gasteiger partial charge in [-0.2, -0.15) is 0 Å². The molecule has 0 aromatic heterocycles. The highest BCUT2D eigenvalue weighted by molar-refractivity contribution is 14.1. The maximum Gasteiger partial charge on any atom is 0.254 e. The molecule has 1 saturated carbocycles. The summed E-state index contributed by atoms with van der Waals surface area (Å²) in [6.45, 7) is 5.11. The van der Waals surface area contributed by atoms with Crippen molar-refractivity contribution < 1.29 is 4.79 Å². The minimum atomic E-state index is 0.115. The van der Waals surface area contributed by atoms with E-state index in [4.69, 9.17) is 11.6 Å². The molecule has 0 unspecified atom stereocenters. The third kappa shape index (κ3) is 3.38. The van der Waals surface area contributed by atoms with Crippen molar-refractivity contribution in [2.75, 3.05) is 6.54 Å². The molecule has 1 fully saturated rings. The molecule has 1 aliphatic rings. The number of benzene rings is 1. The van der Waals surface area contributed by atoms with Crippen LogP contribution in [0.25, 0.3) is 0 Å². The zero-order valence-corrected chi connectivity index (χ0v) is 13.5. The molecule has 1 aromatic rings. The fourth-order valence-corrected chi connectivity index (χ4v) is 2.49. The van der Waals surface area contributed by atoms with Crippen molar-refractivity contribution in [3.05, 3.63) is 32.4 Å². The lowest BCUT2D eigenvalue weighted by Gasteiger charge is -2.24. The molecule has 0 saturated heterocycles. The summed E-state index contributed by atoms with van der Waals surface area (Å²) in [6.07, 6.45) is 2.27. The maximum atomic E-state index is 12.5. The number of nitrogens with zero attached hydrogens (tertiary/aromatic N) is 1. The molecule has 4 heteroatoms. The Bertz CT molecular complexity index is 457. The summed E-state index contributed by atoms with van der Waals surface area (Å²) >= 11 is 8.26. The number of hydrogen-bond donors (Lipinski definition) is 0. The normalized spacial score (nSPS) is 14.9. The molecule has 0 radical (unpaired) electrons. The first-order valence-corrected chi connectivity index (χ1v) is 7.70. The van der Waals surface area contributed by atoms with Crippen LogP contribution in [0.3, 0.4) is 0 Å². The molecule has 1 amide bonds. The van der Waals surface area contributed by atoms with Gasteiger partial charge in [-0.3, -0.25) is 4.79 Å². The molecular weight excluding hydrogens is 361 g/mol. The van der Waals surface area contributed by atoms with Crippen molar-refractivity contribution in [1.82, 2.24) is 4.90 Å². The van der Waals surface area contributed by atoms with Crippen LogP contribution < -0.4 is 0 Å². The molecule has 0 aliphatic heterocycles. The predicted octanol–water partition coefficient (Wildman–Crippen LogP) is 4.21. The molecule has 0 bridgehead atoms.